The SMILES string of the molecule is CCCCOc1nc(N)c2[nH]c(=O)n(-c3cccc(CC(=O)O)c3)c2n1. The van der Waals surface area contributed by atoms with Gasteiger partial charge in [0.1, 0.15) is 5.52 Å². The number of hydrogen-bond acceptors (Lipinski definition) is 6. The summed E-state index contributed by atoms with van der Waals surface area (Å²) >= 11 is 0. The zero-order valence-electron chi connectivity index (χ0n) is 14.2. The lowest BCUT2D eigenvalue weighted by Gasteiger charge is -2.07. The predicted molar refractivity (Wildman–Crippen MR) is 95.6 cm³/mol. The van der Waals surface area contributed by atoms with Crippen LogP contribution in [0.15, 0.2) is 29.1 Å². The molecule has 9 nitrogen and oxygen atoms in total. The molecule has 0 saturated heterocycles. The zero-order valence-corrected chi connectivity index (χ0v) is 14.2. The topological polar surface area (TPSA) is 136 Å². The zero-order chi connectivity index (χ0) is 18.7. The fraction of sp³-hybridized carbons (Fsp3) is 0.294. The molecule has 0 radical (unpaired) electrons. The number of nitrogens with two attached hydrogens (primary N) is 1. The van der Waals surface area contributed by atoms with Crippen molar-refractivity contribution in [1.82, 2.24) is 19.5 Å². The molecule has 3 rings (SSSR count). The molecule has 9 heteroatoms. The van der Waals surface area contributed by atoms with Crippen molar-refractivity contribution in [3.8, 4) is 11.7 Å². The summed E-state index contributed by atoms with van der Waals surface area (Å²) in [6.45, 7) is 2.49. The number of aromatic amines is 1. The van der Waals surface area contributed by atoms with E-state index in [0.29, 0.717) is 23.4 Å². The van der Waals surface area contributed by atoms with Crippen molar-refractivity contribution in [3.05, 3.63) is 40.3 Å². The van der Waals surface area contributed by atoms with Gasteiger partial charge in [-0.1, -0.05) is 25.5 Å². The van der Waals surface area contributed by atoms with E-state index in [1.54, 1.807) is 24.3 Å². The van der Waals surface area contributed by atoms with E-state index in [-0.39, 0.29) is 23.9 Å². The van der Waals surface area contributed by atoms with E-state index in [1.807, 2.05) is 6.92 Å². The Kier molecular flexibility index (Phi) is 4.87. The molecule has 0 bridgehead atoms. The van der Waals surface area contributed by atoms with E-state index < -0.39 is 11.7 Å². The van der Waals surface area contributed by atoms with Crippen molar-refractivity contribution >= 4 is 23.0 Å². The number of aliphatic carboxylic acids is 1. The third-order valence-corrected chi connectivity index (χ3v) is 3.80. The number of carbonyl (C=O) groups is 1. The van der Waals surface area contributed by atoms with Crippen LogP contribution in [0, 0.1) is 0 Å². The fourth-order valence-corrected chi connectivity index (χ4v) is 2.58. The van der Waals surface area contributed by atoms with Crippen molar-refractivity contribution in [2.75, 3.05) is 12.3 Å². The van der Waals surface area contributed by atoms with Gasteiger partial charge >= 0.3 is 17.7 Å². The third kappa shape index (κ3) is 3.51. The number of nitrogens with zero attached hydrogens (tertiary/aromatic N) is 3. The van der Waals surface area contributed by atoms with Crippen LogP contribution in [-0.2, 0) is 11.2 Å². The van der Waals surface area contributed by atoms with Gasteiger partial charge in [0.25, 0.3) is 0 Å². The molecule has 1 aromatic carbocycles. The molecular weight excluding hydrogens is 338 g/mol. The minimum absolute atomic E-state index is 0.0953. The molecule has 0 amide bonds. The van der Waals surface area contributed by atoms with Gasteiger partial charge in [-0.25, -0.2) is 9.36 Å². The van der Waals surface area contributed by atoms with E-state index in [0.717, 1.165) is 12.8 Å². The van der Waals surface area contributed by atoms with Crippen LogP contribution in [0.1, 0.15) is 25.3 Å². The molecule has 0 spiro atoms. The number of carboxylic acid groups (broad SMARTS) is 1. The number of nitrogen functional groups attached to an aromatic ring is 1. The van der Waals surface area contributed by atoms with Gasteiger partial charge in [-0.3, -0.25) is 4.79 Å². The summed E-state index contributed by atoms with van der Waals surface area (Å²) in [6, 6.07) is 6.77. The van der Waals surface area contributed by atoms with Crippen LogP contribution in [0.25, 0.3) is 16.9 Å². The average Bonchev–Trinajstić information content (AvgIpc) is 2.91. The Morgan fingerprint density at radius 2 is 2.19 bits per heavy atom. The number of ether oxygens (including phenoxy) is 1. The van der Waals surface area contributed by atoms with Crippen molar-refractivity contribution in [2.24, 2.45) is 0 Å². The number of benzene rings is 1. The summed E-state index contributed by atoms with van der Waals surface area (Å²) in [5.74, 6) is -0.842. The molecule has 4 N–H and O–H groups in total. The van der Waals surface area contributed by atoms with Crippen LogP contribution >= 0.6 is 0 Å². The van der Waals surface area contributed by atoms with Crippen LogP contribution in [0.4, 0.5) is 5.82 Å². The normalized spacial score (nSPS) is 11.0. The van der Waals surface area contributed by atoms with Crippen LogP contribution in [0.2, 0.25) is 0 Å². The Morgan fingerprint density at radius 1 is 1.38 bits per heavy atom. The molecule has 0 aliphatic heterocycles. The molecule has 0 atom stereocenters. The highest BCUT2D eigenvalue weighted by atomic mass is 16.5. The molecule has 136 valence electrons. The molecule has 0 unspecified atom stereocenters. The fourth-order valence-electron chi connectivity index (χ4n) is 2.58. The second kappa shape index (κ2) is 7.26. The molecular formula is C17H19N5O4. The number of anilines is 1. The Hall–Kier alpha value is -3.36. The number of fused-ring (bicyclic) bond motifs is 1. The van der Waals surface area contributed by atoms with Gasteiger partial charge in [0.15, 0.2) is 11.5 Å². The minimum atomic E-state index is -0.952. The first-order chi connectivity index (χ1) is 12.5. The van der Waals surface area contributed by atoms with Gasteiger partial charge in [0.05, 0.1) is 18.7 Å². The maximum absolute atomic E-state index is 12.4. The standard InChI is InChI=1S/C17H19N5O4/c1-2-3-7-26-16-20-14(18)13-15(21-16)22(17(25)19-13)11-6-4-5-10(8-11)9-12(23)24/h4-6,8H,2-3,7,9H2,1H3,(H,19,25)(H,23,24)(H2,18,20,21). The highest BCUT2D eigenvalue weighted by molar-refractivity contribution is 5.83. The van der Waals surface area contributed by atoms with Gasteiger partial charge in [0.2, 0.25) is 0 Å². The minimum Gasteiger partial charge on any atom is -0.481 e. The Morgan fingerprint density at radius 3 is 2.92 bits per heavy atom. The molecule has 0 aliphatic rings. The van der Waals surface area contributed by atoms with Crippen LogP contribution in [0.5, 0.6) is 6.01 Å². The Labute approximate surface area is 148 Å². The van der Waals surface area contributed by atoms with Gasteiger partial charge in [-0.05, 0) is 24.1 Å². The van der Waals surface area contributed by atoms with E-state index in [9.17, 15) is 9.59 Å². The molecule has 2 heterocycles. The quantitative estimate of drug-likeness (QED) is 0.545. The van der Waals surface area contributed by atoms with Crippen LogP contribution < -0.4 is 16.2 Å². The summed E-state index contributed by atoms with van der Waals surface area (Å²) in [5.41, 5.74) is 7.12. The number of hydrogen-bond donors (Lipinski definition) is 3. The maximum Gasteiger partial charge on any atom is 0.332 e. The predicted octanol–water partition coefficient (Wildman–Crippen LogP) is 1.50. The monoisotopic (exact) mass is 357 g/mol. The summed E-state index contributed by atoms with van der Waals surface area (Å²) in [7, 11) is 0. The van der Waals surface area contributed by atoms with E-state index in [4.69, 9.17) is 15.6 Å². The van der Waals surface area contributed by atoms with Crippen molar-refractivity contribution in [3.63, 3.8) is 0 Å². The Bertz CT molecular complexity index is 1010. The molecule has 3 aromatic rings. The van der Waals surface area contributed by atoms with Crippen LogP contribution in [0.3, 0.4) is 0 Å². The highest BCUT2D eigenvalue weighted by Crippen LogP contribution is 2.21. The van der Waals surface area contributed by atoms with Crippen LogP contribution in [-0.4, -0.2) is 37.2 Å². The highest BCUT2D eigenvalue weighted by Gasteiger charge is 2.16. The van der Waals surface area contributed by atoms with Crippen molar-refractivity contribution in [1.29, 1.82) is 0 Å². The van der Waals surface area contributed by atoms with Gasteiger partial charge in [0, 0.05) is 0 Å². The molecule has 2 aromatic heterocycles. The summed E-state index contributed by atoms with van der Waals surface area (Å²) in [4.78, 5) is 34.3. The number of nitrogens with one attached hydrogen (secondary N) is 1. The molecule has 0 saturated carbocycles. The van der Waals surface area contributed by atoms with E-state index in [1.165, 1.54) is 4.57 Å². The summed E-state index contributed by atoms with van der Waals surface area (Å²) in [6.07, 6.45) is 1.66. The number of H-pyrrole nitrogens is 1. The van der Waals surface area contributed by atoms with Crippen molar-refractivity contribution < 1.29 is 14.6 Å². The number of aromatic nitrogens is 4. The average molecular weight is 357 g/mol. The number of unbranched alkanes of at least 4 members (excludes halogenated alkanes) is 1. The second-order valence-corrected chi connectivity index (χ2v) is 5.80. The van der Waals surface area contributed by atoms with E-state index >= 15 is 0 Å². The van der Waals surface area contributed by atoms with E-state index in [2.05, 4.69) is 15.0 Å². The first-order valence-electron chi connectivity index (χ1n) is 8.21. The Balaban J connectivity index is 2.09. The van der Waals surface area contributed by atoms with Gasteiger partial charge in [-0.15, -0.1) is 0 Å². The van der Waals surface area contributed by atoms with Crippen molar-refractivity contribution in [2.45, 2.75) is 26.2 Å². The smallest absolute Gasteiger partial charge is 0.332 e. The number of rotatable bonds is 7. The second-order valence-electron chi connectivity index (χ2n) is 5.80. The van der Waals surface area contributed by atoms with Gasteiger partial charge < -0.3 is 20.6 Å². The largest absolute Gasteiger partial charge is 0.481 e. The lowest BCUT2D eigenvalue weighted by Crippen LogP contribution is -2.15. The lowest BCUT2D eigenvalue weighted by molar-refractivity contribution is -0.136. The third-order valence-electron chi connectivity index (χ3n) is 3.80. The molecule has 0 fully saturated rings. The number of carboxylic acids is 1. The first kappa shape index (κ1) is 17.5. The summed E-state index contributed by atoms with van der Waals surface area (Å²) < 4.78 is 6.83. The first-order valence-corrected chi connectivity index (χ1v) is 8.21. The molecule has 0 aliphatic carbocycles. The van der Waals surface area contributed by atoms with Gasteiger partial charge in [-0.2, -0.15) is 9.97 Å². The number of imidazole rings is 1. The lowest BCUT2D eigenvalue weighted by atomic mass is 10.1. The molecule has 26 heavy (non-hydrogen) atoms. The summed E-state index contributed by atoms with van der Waals surface area (Å²) in [5, 5.41) is 8.96. The maximum atomic E-state index is 12.4.